The van der Waals surface area contributed by atoms with Crippen LogP contribution in [0.4, 0.5) is 0 Å². The molecular weight excluding hydrogens is 204 g/mol. The summed E-state index contributed by atoms with van der Waals surface area (Å²) in [5.74, 6) is 2.11. The lowest BCUT2D eigenvalue weighted by atomic mass is 10.1. The SMILES string of the molecule is O=C(NCC1CNCC1O)C1C2CCCC21. The fourth-order valence-corrected chi connectivity index (χ4v) is 3.49. The fourth-order valence-electron chi connectivity index (χ4n) is 3.49. The van der Waals surface area contributed by atoms with Crippen LogP contribution in [0.3, 0.4) is 0 Å². The molecular formula is C12H20N2O2. The van der Waals surface area contributed by atoms with Crippen LogP contribution in [0.25, 0.3) is 0 Å². The van der Waals surface area contributed by atoms with Crippen LogP contribution in [0.5, 0.6) is 0 Å². The molecule has 0 bridgehead atoms. The predicted octanol–water partition coefficient (Wildman–Crippen LogP) is -0.271. The van der Waals surface area contributed by atoms with Crippen molar-refractivity contribution in [3.05, 3.63) is 0 Å². The molecule has 0 aromatic rings. The van der Waals surface area contributed by atoms with Gasteiger partial charge < -0.3 is 15.7 Å². The summed E-state index contributed by atoms with van der Waals surface area (Å²) in [4.78, 5) is 11.9. The Labute approximate surface area is 95.8 Å². The number of β-amino-alcohol motifs (C(OH)–C–C–N with tert-alkyl or cyclic N) is 1. The van der Waals surface area contributed by atoms with Gasteiger partial charge in [0.1, 0.15) is 0 Å². The van der Waals surface area contributed by atoms with E-state index in [2.05, 4.69) is 10.6 Å². The van der Waals surface area contributed by atoms with Crippen LogP contribution < -0.4 is 10.6 Å². The summed E-state index contributed by atoms with van der Waals surface area (Å²) in [6, 6.07) is 0. The van der Waals surface area contributed by atoms with Crippen molar-refractivity contribution in [1.82, 2.24) is 10.6 Å². The molecule has 4 atom stereocenters. The van der Waals surface area contributed by atoms with Gasteiger partial charge in [-0.2, -0.15) is 0 Å². The van der Waals surface area contributed by atoms with Crippen molar-refractivity contribution < 1.29 is 9.90 Å². The van der Waals surface area contributed by atoms with Gasteiger partial charge in [-0.3, -0.25) is 4.79 Å². The van der Waals surface area contributed by atoms with Gasteiger partial charge in [0.15, 0.2) is 0 Å². The molecule has 1 heterocycles. The molecule has 2 aliphatic carbocycles. The van der Waals surface area contributed by atoms with Gasteiger partial charge in [-0.1, -0.05) is 6.42 Å². The third kappa shape index (κ3) is 1.74. The number of rotatable bonds is 3. The topological polar surface area (TPSA) is 61.4 Å². The predicted molar refractivity (Wildman–Crippen MR) is 59.7 cm³/mol. The Morgan fingerprint density at radius 1 is 1.31 bits per heavy atom. The second kappa shape index (κ2) is 4.00. The van der Waals surface area contributed by atoms with Gasteiger partial charge in [0.05, 0.1) is 6.10 Å². The van der Waals surface area contributed by atoms with Gasteiger partial charge >= 0.3 is 0 Å². The Bertz CT molecular complexity index is 285. The minimum absolute atomic E-state index is 0.197. The Kier molecular flexibility index (Phi) is 2.64. The standard InChI is InChI=1S/C12H20N2O2/c15-10-6-13-4-7(10)5-14-12(16)11-8-2-1-3-9(8)11/h7-11,13,15H,1-6H2,(H,14,16). The average Bonchev–Trinajstić information content (AvgIpc) is 2.67. The summed E-state index contributed by atoms with van der Waals surface area (Å²) in [7, 11) is 0. The van der Waals surface area contributed by atoms with Gasteiger partial charge in [0.2, 0.25) is 5.91 Å². The van der Waals surface area contributed by atoms with Crippen LogP contribution in [-0.4, -0.2) is 36.8 Å². The molecule has 0 spiro atoms. The first-order valence-electron chi connectivity index (χ1n) is 6.44. The van der Waals surface area contributed by atoms with Crippen molar-refractivity contribution in [2.75, 3.05) is 19.6 Å². The zero-order chi connectivity index (χ0) is 11.1. The number of aliphatic hydroxyl groups is 1. The molecule has 2 saturated carbocycles. The molecule has 3 N–H and O–H groups in total. The lowest BCUT2D eigenvalue weighted by molar-refractivity contribution is -0.123. The summed E-state index contributed by atoms with van der Waals surface area (Å²) in [5.41, 5.74) is 0. The molecule has 3 aliphatic rings. The maximum atomic E-state index is 11.9. The minimum atomic E-state index is -0.293. The molecule has 3 rings (SSSR count). The fraction of sp³-hybridized carbons (Fsp3) is 0.917. The third-order valence-corrected chi connectivity index (χ3v) is 4.55. The first-order valence-corrected chi connectivity index (χ1v) is 6.44. The number of hydrogen-bond donors (Lipinski definition) is 3. The molecule has 0 aromatic heterocycles. The maximum Gasteiger partial charge on any atom is 0.223 e. The van der Waals surface area contributed by atoms with Crippen LogP contribution in [0, 0.1) is 23.7 Å². The first-order chi connectivity index (χ1) is 7.77. The maximum absolute atomic E-state index is 11.9. The third-order valence-electron chi connectivity index (χ3n) is 4.55. The van der Waals surface area contributed by atoms with Crippen LogP contribution in [-0.2, 0) is 4.79 Å². The van der Waals surface area contributed by atoms with Crippen LogP contribution in [0.15, 0.2) is 0 Å². The van der Waals surface area contributed by atoms with E-state index in [9.17, 15) is 9.90 Å². The van der Waals surface area contributed by atoms with Crippen LogP contribution >= 0.6 is 0 Å². The molecule has 90 valence electrons. The lowest BCUT2D eigenvalue weighted by Gasteiger charge is -2.14. The first kappa shape index (κ1) is 10.5. The van der Waals surface area contributed by atoms with E-state index in [1.165, 1.54) is 19.3 Å². The second-order valence-electron chi connectivity index (χ2n) is 5.52. The van der Waals surface area contributed by atoms with Crippen LogP contribution in [0.1, 0.15) is 19.3 Å². The quantitative estimate of drug-likeness (QED) is 0.618. The second-order valence-corrected chi connectivity index (χ2v) is 5.52. The highest BCUT2D eigenvalue weighted by Crippen LogP contribution is 2.57. The normalized spacial score (nSPS) is 45.4. The summed E-state index contributed by atoms with van der Waals surface area (Å²) in [6.07, 6.45) is 3.51. The van der Waals surface area contributed by atoms with E-state index in [1.807, 2.05) is 0 Å². The van der Waals surface area contributed by atoms with E-state index in [0.29, 0.717) is 30.8 Å². The van der Waals surface area contributed by atoms with Gasteiger partial charge in [0.25, 0.3) is 0 Å². The monoisotopic (exact) mass is 224 g/mol. The van der Waals surface area contributed by atoms with Gasteiger partial charge in [-0.25, -0.2) is 0 Å². The zero-order valence-corrected chi connectivity index (χ0v) is 9.48. The highest BCUT2D eigenvalue weighted by molar-refractivity contribution is 5.82. The van der Waals surface area contributed by atoms with Gasteiger partial charge in [-0.15, -0.1) is 0 Å². The largest absolute Gasteiger partial charge is 0.391 e. The Hall–Kier alpha value is -0.610. The molecule has 0 radical (unpaired) electrons. The summed E-state index contributed by atoms with van der Waals surface area (Å²) in [6.45, 7) is 2.11. The summed E-state index contributed by atoms with van der Waals surface area (Å²) < 4.78 is 0. The van der Waals surface area contributed by atoms with Crippen molar-refractivity contribution in [2.45, 2.75) is 25.4 Å². The molecule has 3 fully saturated rings. The van der Waals surface area contributed by atoms with Crippen molar-refractivity contribution >= 4 is 5.91 Å². The van der Waals surface area contributed by atoms with E-state index < -0.39 is 0 Å². The Morgan fingerprint density at radius 3 is 2.69 bits per heavy atom. The molecule has 0 aromatic carbocycles. The molecule has 16 heavy (non-hydrogen) atoms. The number of nitrogens with one attached hydrogen (secondary N) is 2. The highest BCUT2D eigenvalue weighted by atomic mass is 16.3. The molecule has 4 unspecified atom stereocenters. The van der Waals surface area contributed by atoms with Crippen LogP contribution in [0.2, 0.25) is 0 Å². The van der Waals surface area contributed by atoms with Crippen molar-refractivity contribution in [3.8, 4) is 0 Å². The number of hydrogen-bond acceptors (Lipinski definition) is 3. The number of amides is 1. The van der Waals surface area contributed by atoms with Crippen molar-refractivity contribution in [1.29, 1.82) is 0 Å². The van der Waals surface area contributed by atoms with Gasteiger partial charge in [0, 0.05) is 31.5 Å². The van der Waals surface area contributed by atoms with E-state index in [1.54, 1.807) is 0 Å². The number of carbonyl (C=O) groups excluding carboxylic acids is 1. The molecule has 4 heteroatoms. The molecule has 1 saturated heterocycles. The zero-order valence-electron chi connectivity index (χ0n) is 9.48. The highest BCUT2D eigenvalue weighted by Gasteiger charge is 2.56. The van der Waals surface area contributed by atoms with Crippen molar-refractivity contribution in [2.24, 2.45) is 23.7 Å². The van der Waals surface area contributed by atoms with E-state index in [0.717, 1.165) is 6.54 Å². The smallest absolute Gasteiger partial charge is 0.223 e. The molecule has 4 nitrogen and oxygen atoms in total. The summed E-state index contributed by atoms with van der Waals surface area (Å²) >= 11 is 0. The van der Waals surface area contributed by atoms with Crippen molar-refractivity contribution in [3.63, 3.8) is 0 Å². The van der Waals surface area contributed by atoms with E-state index in [-0.39, 0.29) is 17.9 Å². The molecule has 1 aliphatic heterocycles. The number of aliphatic hydroxyl groups excluding tert-OH is 1. The molecule has 1 amide bonds. The Balaban J connectivity index is 1.44. The van der Waals surface area contributed by atoms with Gasteiger partial charge in [-0.05, 0) is 24.7 Å². The number of carbonyl (C=O) groups is 1. The minimum Gasteiger partial charge on any atom is -0.391 e. The average molecular weight is 224 g/mol. The van der Waals surface area contributed by atoms with E-state index in [4.69, 9.17) is 0 Å². The lowest BCUT2D eigenvalue weighted by Crippen LogP contribution is -2.35. The number of fused-ring (bicyclic) bond motifs is 1. The summed E-state index contributed by atoms with van der Waals surface area (Å²) in [5, 5.41) is 15.7. The van der Waals surface area contributed by atoms with E-state index >= 15 is 0 Å². The Morgan fingerprint density at radius 2 is 2.06 bits per heavy atom.